The summed E-state index contributed by atoms with van der Waals surface area (Å²) in [5.74, 6) is 0.511. The molecular weight excluding hydrogens is 245 g/mol. The van der Waals surface area contributed by atoms with Gasteiger partial charge in [-0.2, -0.15) is 0 Å². The van der Waals surface area contributed by atoms with Crippen molar-refractivity contribution in [3.8, 4) is 5.75 Å². The van der Waals surface area contributed by atoms with E-state index in [0.29, 0.717) is 19.3 Å². The molecule has 106 valence electrons. The van der Waals surface area contributed by atoms with Crippen LogP contribution >= 0.6 is 0 Å². The van der Waals surface area contributed by atoms with Crippen LogP contribution in [0.4, 0.5) is 4.39 Å². The highest BCUT2D eigenvalue weighted by molar-refractivity contribution is 5.34. The Morgan fingerprint density at radius 1 is 1.42 bits per heavy atom. The Balaban J connectivity index is 1.94. The van der Waals surface area contributed by atoms with E-state index >= 15 is 0 Å². The van der Waals surface area contributed by atoms with Gasteiger partial charge >= 0.3 is 0 Å². The molecule has 1 N–H and O–H groups in total. The number of hydrogen-bond donors (Lipinski definition) is 1. The highest BCUT2D eigenvalue weighted by atomic mass is 19.1. The van der Waals surface area contributed by atoms with Gasteiger partial charge in [-0.25, -0.2) is 4.39 Å². The summed E-state index contributed by atoms with van der Waals surface area (Å²) in [6.07, 6.45) is 2.60. The summed E-state index contributed by atoms with van der Waals surface area (Å²) in [7, 11) is 0. The van der Waals surface area contributed by atoms with Crippen molar-refractivity contribution < 1.29 is 13.9 Å². The fourth-order valence-corrected chi connectivity index (χ4v) is 2.28. The number of nitrogens with one attached hydrogen (secondary N) is 1. The molecule has 4 heteroatoms. The van der Waals surface area contributed by atoms with Crippen LogP contribution in [0.15, 0.2) is 18.2 Å². The Bertz CT molecular complexity index is 411. The molecule has 2 rings (SSSR count). The third-order valence-electron chi connectivity index (χ3n) is 3.33. The molecule has 1 saturated heterocycles. The number of ether oxygens (including phenoxy) is 2. The summed E-state index contributed by atoms with van der Waals surface area (Å²) < 4.78 is 24.8. The van der Waals surface area contributed by atoms with E-state index in [1.165, 1.54) is 12.1 Å². The lowest BCUT2D eigenvalue weighted by Crippen LogP contribution is -2.19. The maximum absolute atomic E-state index is 13.3. The Morgan fingerprint density at radius 2 is 2.26 bits per heavy atom. The number of benzene rings is 1. The van der Waals surface area contributed by atoms with Crippen LogP contribution in [-0.4, -0.2) is 25.4 Å². The molecule has 0 saturated carbocycles. The fourth-order valence-electron chi connectivity index (χ4n) is 2.28. The molecule has 0 aromatic heterocycles. The SMILES string of the molecule is CCNCc1cc(F)ccc1OCC1CCC(C)O1. The minimum absolute atomic E-state index is 0.159. The van der Waals surface area contributed by atoms with Crippen molar-refractivity contribution in [1.29, 1.82) is 0 Å². The summed E-state index contributed by atoms with van der Waals surface area (Å²) in [6, 6.07) is 4.65. The van der Waals surface area contributed by atoms with Gasteiger partial charge < -0.3 is 14.8 Å². The molecule has 0 aliphatic carbocycles. The van der Waals surface area contributed by atoms with Gasteiger partial charge in [-0.3, -0.25) is 0 Å². The topological polar surface area (TPSA) is 30.5 Å². The lowest BCUT2D eigenvalue weighted by molar-refractivity contribution is 0.0262. The smallest absolute Gasteiger partial charge is 0.124 e. The Labute approximate surface area is 114 Å². The second-order valence-corrected chi connectivity index (χ2v) is 4.99. The van der Waals surface area contributed by atoms with Gasteiger partial charge in [0.1, 0.15) is 18.2 Å². The van der Waals surface area contributed by atoms with E-state index in [1.807, 2.05) is 6.92 Å². The van der Waals surface area contributed by atoms with Crippen molar-refractivity contribution in [2.75, 3.05) is 13.2 Å². The summed E-state index contributed by atoms with van der Waals surface area (Å²) in [5, 5.41) is 3.19. The zero-order valence-corrected chi connectivity index (χ0v) is 11.6. The van der Waals surface area contributed by atoms with Gasteiger partial charge in [0.2, 0.25) is 0 Å². The summed E-state index contributed by atoms with van der Waals surface area (Å²) in [4.78, 5) is 0. The van der Waals surface area contributed by atoms with Gasteiger partial charge in [0.25, 0.3) is 0 Å². The highest BCUT2D eigenvalue weighted by Gasteiger charge is 2.22. The van der Waals surface area contributed by atoms with Gasteiger partial charge in [-0.1, -0.05) is 6.92 Å². The van der Waals surface area contributed by atoms with E-state index in [-0.39, 0.29) is 11.9 Å². The van der Waals surface area contributed by atoms with Crippen molar-refractivity contribution in [2.45, 2.75) is 45.4 Å². The van der Waals surface area contributed by atoms with Crippen molar-refractivity contribution in [2.24, 2.45) is 0 Å². The third kappa shape index (κ3) is 4.18. The lowest BCUT2D eigenvalue weighted by Gasteiger charge is -2.15. The fraction of sp³-hybridized carbons (Fsp3) is 0.600. The molecule has 1 heterocycles. The average molecular weight is 267 g/mol. The first-order chi connectivity index (χ1) is 9.19. The van der Waals surface area contributed by atoms with Gasteiger partial charge in [0, 0.05) is 12.1 Å². The van der Waals surface area contributed by atoms with Crippen LogP contribution in [0, 0.1) is 5.82 Å². The van der Waals surface area contributed by atoms with Crippen molar-refractivity contribution in [3.05, 3.63) is 29.6 Å². The van der Waals surface area contributed by atoms with Crippen molar-refractivity contribution in [3.63, 3.8) is 0 Å². The molecule has 1 fully saturated rings. The minimum atomic E-state index is -0.231. The zero-order valence-electron chi connectivity index (χ0n) is 11.6. The lowest BCUT2D eigenvalue weighted by atomic mass is 10.2. The molecule has 1 aliphatic rings. The van der Waals surface area contributed by atoms with Crippen LogP contribution in [0.3, 0.4) is 0 Å². The first-order valence-electron chi connectivity index (χ1n) is 6.96. The predicted octanol–water partition coefficient (Wildman–Crippen LogP) is 2.88. The molecule has 0 radical (unpaired) electrons. The van der Waals surface area contributed by atoms with Crippen molar-refractivity contribution in [1.82, 2.24) is 5.32 Å². The number of rotatable bonds is 6. The number of hydrogen-bond acceptors (Lipinski definition) is 3. The molecule has 0 spiro atoms. The molecule has 1 aromatic rings. The molecule has 19 heavy (non-hydrogen) atoms. The van der Waals surface area contributed by atoms with E-state index in [0.717, 1.165) is 30.7 Å². The molecule has 0 amide bonds. The summed E-state index contributed by atoms with van der Waals surface area (Å²) in [6.45, 7) is 6.10. The second-order valence-electron chi connectivity index (χ2n) is 4.99. The molecular formula is C15H22FNO2. The molecule has 2 unspecified atom stereocenters. The van der Waals surface area contributed by atoms with Crippen molar-refractivity contribution >= 4 is 0 Å². The molecule has 2 atom stereocenters. The maximum Gasteiger partial charge on any atom is 0.124 e. The van der Waals surface area contributed by atoms with Gasteiger partial charge in [0.15, 0.2) is 0 Å². The highest BCUT2D eigenvalue weighted by Crippen LogP contribution is 2.23. The van der Waals surface area contributed by atoms with Crippen LogP contribution in [0.5, 0.6) is 5.75 Å². The molecule has 1 aliphatic heterocycles. The zero-order chi connectivity index (χ0) is 13.7. The first kappa shape index (κ1) is 14.3. The Hall–Kier alpha value is -1.13. The van der Waals surface area contributed by atoms with E-state index in [9.17, 15) is 4.39 Å². The normalized spacial score (nSPS) is 22.7. The minimum Gasteiger partial charge on any atom is -0.491 e. The van der Waals surface area contributed by atoms with E-state index in [2.05, 4.69) is 12.2 Å². The summed E-state index contributed by atoms with van der Waals surface area (Å²) in [5.41, 5.74) is 0.855. The second kappa shape index (κ2) is 6.87. The average Bonchev–Trinajstić information content (AvgIpc) is 2.81. The van der Waals surface area contributed by atoms with Crippen LogP contribution in [0.25, 0.3) is 0 Å². The monoisotopic (exact) mass is 267 g/mol. The molecule has 3 nitrogen and oxygen atoms in total. The maximum atomic E-state index is 13.3. The van der Waals surface area contributed by atoms with E-state index < -0.39 is 0 Å². The first-order valence-corrected chi connectivity index (χ1v) is 6.96. The van der Waals surface area contributed by atoms with Gasteiger partial charge in [-0.05, 0) is 44.5 Å². The Morgan fingerprint density at radius 3 is 2.95 bits per heavy atom. The van der Waals surface area contributed by atoms with Crippen LogP contribution < -0.4 is 10.1 Å². The quantitative estimate of drug-likeness (QED) is 0.859. The van der Waals surface area contributed by atoms with Gasteiger partial charge in [0.05, 0.1) is 12.2 Å². The summed E-state index contributed by atoms with van der Waals surface area (Å²) >= 11 is 0. The molecule has 0 bridgehead atoms. The number of halogens is 1. The van der Waals surface area contributed by atoms with Crippen LogP contribution in [0.1, 0.15) is 32.3 Å². The standard InChI is InChI=1S/C15H22FNO2/c1-3-17-9-12-8-13(16)5-7-15(12)18-10-14-6-4-11(2)19-14/h5,7-8,11,14,17H,3-4,6,9-10H2,1-2H3. The third-order valence-corrected chi connectivity index (χ3v) is 3.33. The van der Waals surface area contributed by atoms with Gasteiger partial charge in [-0.15, -0.1) is 0 Å². The van der Waals surface area contributed by atoms with E-state index in [4.69, 9.17) is 9.47 Å². The van der Waals surface area contributed by atoms with Crippen LogP contribution in [0.2, 0.25) is 0 Å². The molecule has 1 aromatic carbocycles. The van der Waals surface area contributed by atoms with Crippen LogP contribution in [-0.2, 0) is 11.3 Å². The Kier molecular flexibility index (Phi) is 5.16. The largest absolute Gasteiger partial charge is 0.491 e. The van der Waals surface area contributed by atoms with E-state index in [1.54, 1.807) is 6.07 Å². The predicted molar refractivity (Wildman–Crippen MR) is 72.8 cm³/mol.